The van der Waals surface area contributed by atoms with Gasteiger partial charge < -0.3 is 9.47 Å². The van der Waals surface area contributed by atoms with E-state index in [4.69, 9.17) is 0 Å². The summed E-state index contributed by atoms with van der Waals surface area (Å²) in [6.45, 7) is 3.48. The molecule has 0 unspecified atom stereocenters. The van der Waals surface area contributed by atoms with Gasteiger partial charge in [-0.05, 0) is 30.5 Å². The number of carbonyl (C=O) groups is 1. The van der Waals surface area contributed by atoms with Crippen LogP contribution in [-0.4, -0.2) is 37.6 Å². The number of hydrogen-bond donors (Lipinski definition) is 0. The Labute approximate surface area is 124 Å². The molecule has 0 saturated heterocycles. The van der Waals surface area contributed by atoms with Gasteiger partial charge in [-0.25, -0.2) is 0 Å². The lowest BCUT2D eigenvalue weighted by Gasteiger charge is -2.17. The van der Waals surface area contributed by atoms with Gasteiger partial charge in [0.15, 0.2) is 5.82 Å². The Morgan fingerprint density at radius 2 is 2.10 bits per heavy atom. The molecule has 0 aliphatic carbocycles. The van der Waals surface area contributed by atoms with E-state index < -0.39 is 0 Å². The number of amides is 1. The van der Waals surface area contributed by atoms with Crippen molar-refractivity contribution in [3.05, 3.63) is 42.2 Å². The number of hydrogen-bond acceptors (Lipinski definition) is 4. The Bertz CT molecular complexity index is 566. The van der Waals surface area contributed by atoms with Crippen LogP contribution in [0.25, 0.3) is 0 Å². The van der Waals surface area contributed by atoms with Crippen molar-refractivity contribution in [2.75, 3.05) is 7.05 Å². The predicted octanol–water partition coefficient (Wildman–Crippen LogP) is 1.67. The molecule has 0 aliphatic heterocycles. The molecule has 0 bridgehead atoms. The van der Waals surface area contributed by atoms with Crippen LogP contribution in [0.2, 0.25) is 0 Å². The molecule has 2 rings (SSSR count). The molecule has 2 aromatic rings. The molecular weight excluding hydrogens is 266 g/mol. The predicted molar refractivity (Wildman–Crippen MR) is 79.3 cm³/mol. The average molecular weight is 287 g/mol. The second kappa shape index (κ2) is 7.52. The quantitative estimate of drug-likeness (QED) is 0.777. The fraction of sp³-hybridized carbons (Fsp3) is 0.467. The number of aromatic nitrogens is 4. The van der Waals surface area contributed by atoms with Gasteiger partial charge >= 0.3 is 0 Å². The Balaban J connectivity index is 1.86. The van der Waals surface area contributed by atoms with Crippen LogP contribution in [0.3, 0.4) is 0 Å². The number of pyridine rings is 1. The third-order valence-electron chi connectivity index (χ3n) is 3.34. The smallest absolute Gasteiger partial charge is 0.223 e. The Morgan fingerprint density at radius 3 is 2.81 bits per heavy atom. The Hall–Kier alpha value is -2.24. The Kier molecular flexibility index (Phi) is 5.43. The van der Waals surface area contributed by atoms with Crippen LogP contribution in [0.1, 0.15) is 31.2 Å². The molecule has 2 heterocycles. The zero-order chi connectivity index (χ0) is 15.1. The third-order valence-corrected chi connectivity index (χ3v) is 3.34. The second-order valence-electron chi connectivity index (χ2n) is 5.05. The van der Waals surface area contributed by atoms with E-state index in [0.717, 1.165) is 30.8 Å². The maximum absolute atomic E-state index is 12.2. The summed E-state index contributed by atoms with van der Waals surface area (Å²) in [7, 11) is 1.81. The van der Waals surface area contributed by atoms with E-state index in [1.807, 2.05) is 16.7 Å². The zero-order valence-electron chi connectivity index (χ0n) is 12.6. The van der Waals surface area contributed by atoms with E-state index >= 15 is 0 Å². The van der Waals surface area contributed by atoms with Crippen LogP contribution in [-0.2, 0) is 24.3 Å². The fourth-order valence-corrected chi connectivity index (χ4v) is 2.12. The average Bonchev–Trinajstić information content (AvgIpc) is 2.93. The van der Waals surface area contributed by atoms with Gasteiger partial charge in [-0.3, -0.25) is 9.78 Å². The highest BCUT2D eigenvalue weighted by Gasteiger charge is 2.13. The SMILES string of the molecule is CCCn1cnnc1CN(C)C(=O)CCc1ccncc1. The number of rotatable bonds is 7. The van der Waals surface area contributed by atoms with Crippen molar-refractivity contribution in [1.29, 1.82) is 0 Å². The van der Waals surface area contributed by atoms with E-state index in [2.05, 4.69) is 22.1 Å². The monoisotopic (exact) mass is 287 g/mol. The molecule has 2 aromatic heterocycles. The minimum atomic E-state index is 0.109. The van der Waals surface area contributed by atoms with Crippen LogP contribution in [0, 0.1) is 0 Å². The van der Waals surface area contributed by atoms with Gasteiger partial charge in [0.25, 0.3) is 0 Å². The first-order chi connectivity index (χ1) is 10.2. The molecule has 1 amide bonds. The van der Waals surface area contributed by atoms with Crippen LogP contribution in [0.4, 0.5) is 0 Å². The van der Waals surface area contributed by atoms with E-state index in [0.29, 0.717) is 13.0 Å². The summed E-state index contributed by atoms with van der Waals surface area (Å²) < 4.78 is 1.99. The minimum Gasteiger partial charge on any atom is -0.338 e. The van der Waals surface area contributed by atoms with Crippen molar-refractivity contribution >= 4 is 5.91 Å². The van der Waals surface area contributed by atoms with Crippen LogP contribution in [0.5, 0.6) is 0 Å². The first-order valence-corrected chi connectivity index (χ1v) is 7.20. The number of carbonyl (C=O) groups excluding carboxylic acids is 1. The first-order valence-electron chi connectivity index (χ1n) is 7.20. The summed E-state index contributed by atoms with van der Waals surface area (Å²) in [5.41, 5.74) is 1.13. The lowest BCUT2D eigenvalue weighted by molar-refractivity contribution is -0.130. The standard InChI is InChI=1S/C15H21N5O/c1-3-10-20-12-17-18-14(20)11-19(2)15(21)5-4-13-6-8-16-9-7-13/h6-9,12H,3-5,10-11H2,1-2H3. The molecule has 0 aliphatic rings. The van der Waals surface area contributed by atoms with Crippen molar-refractivity contribution in [1.82, 2.24) is 24.6 Å². The van der Waals surface area contributed by atoms with Crippen LogP contribution in [0.15, 0.2) is 30.9 Å². The summed E-state index contributed by atoms with van der Waals surface area (Å²) in [4.78, 5) is 17.8. The van der Waals surface area contributed by atoms with Gasteiger partial charge in [0, 0.05) is 32.4 Å². The molecular formula is C15H21N5O. The molecule has 6 nitrogen and oxygen atoms in total. The molecule has 112 valence electrons. The summed E-state index contributed by atoms with van der Waals surface area (Å²) in [6, 6.07) is 3.87. The highest BCUT2D eigenvalue weighted by Crippen LogP contribution is 2.06. The summed E-state index contributed by atoms with van der Waals surface area (Å²) in [5.74, 6) is 0.939. The molecule has 0 aromatic carbocycles. The summed E-state index contributed by atoms with van der Waals surface area (Å²) in [6.07, 6.45) is 7.45. The van der Waals surface area contributed by atoms with Gasteiger partial charge in [0.05, 0.1) is 6.54 Å². The van der Waals surface area contributed by atoms with Gasteiger partial charge in [0.2, 0.25) is 5.91 Å². The van der Waals surface area contributed by atoms with Crippen molar-refractivity contribution in [2.45, 2.75) is 39.3 Å². The van der Waals surface area contributed by atoms with Crippen molar-refractivity contribution in [3.8, 4) is 0 Å². The third kappa shape index (κ3) is 4.37. The van der Waals surface area contributed by atoms with E-state index in [1.54, 1.807) is 30.7 Å². The maximum Gasteiger partial charge on any atom is 0.223 e. The van der Waals surface area contributed by atoms with Gasteiger partial charge in [0.1, 0.15) is 6.33 Å². The van der Waals surface area contributed by atoms with Gasteiger partial charge in [-0.2, -0.15) is 0 Å². The summed E-state index contributed by atoms with van der Waals surface area (Å²) in [5, 5.41) is 8.00. The molecule has 0 N–H and O–H groups in total. The molecule has 0 radical (unpaired) electrons. The normalized spacial score (nSPS) is 10.6. The topological polar surface area (TPSA) is 63.9 Å². The fourth-order valence-electron chi connectivity index (χ4n) is 2.12. The largest absolute Gasteiger partial charge is 0.338 e. The highest BCUT2D eigenvalue weighted by molar-refractivity contribution is 5.76. The Morgan fingerprint density at radius 1 is 1.33 bits per heavy atom. The summed E-state index contributed by atoms with van der Waals surface area (Å²) >= 11 is 0. The van der Waals surface area contributed by atoms with E-state index in [1.165, 1.54) is 0 Å². The second-order valence-corrected chi connectivity index (χ2v) is 5.05. The van der Waals surface area contributed by atoms with E-state index in [9.17, 15) is 4.79 Å². The zero-order valence-corrected chi connectivity index (χ0v) is 12.6. The van der Waals surface area contributed by atoms with Gasteiger partial charge in [-0.1, -0.05) is 6.92 Å². The van der Waals surface area contributed by atoms with Crippen LogP contribution < -0.4 is 0 Å². The van der Waals surface area contributed by atoms with E-state index in [-0.39, 0.29) is 5.91 Å². The lowest BCUT2D eigenvalue weighted by Crippen LogP contribution is -2.28. The molecule has 0 saturated carbocycles. The lowest BCUT2D eigenvalue weighted by atomic mass is 10.1. The number of nitrogens with zero attached hydrogens (tertiary/aromatic N) is 5. The molecule has 0 spiro atoms. The van der Waals surface area contributed by atoms with Crippen molar-refractivity contribution in [3.63, 3.8) is 0 Å². The van der Waals surface area contributed by atoms with Crippen molar-refractivity contribution in [2.24, 2.45) is 0 Å². The van der Waals surface area contributed by atoms with Crippen LogP contribution >= 0.6 is 0 Å². The number of aryl methyl sites for hydroxylation is 2. The molecule has 21 heavy (non-hydrogen) atoms. The maximum atomic E-state index is 12.2. The highest BCUT2D eigenvalue weighted by atomic mass is 16.2. The first kappa shape index (κ1) is 15.2. The van der Waals surface area contributed by atoms with Crippen molar-refractivity contribution < 1.29 is 4.79 Å². The molecule has 0 fully saturated rings. The minimum absolute atomic E-state index is 0.109. The molecule has 6 heteroatoms. The van der Waals surface area contributed by atoms with Gasteiger partial charge in [-0.15, -0.1) is 10.2 Å². The molecule has 0 atom stereocenters.